The van der Waals surface area contributed by atoms with Crippen molar-refractivity contribution < 1.29 is 4.74 Å². The van der Waals surface area contributed by atoms with Crippen molar-refractivity contribution in [2.24, 2.45) is 16.6 Å². The first-order valence-corrected chi connectivity index (χ1v) is 7.35. The summed E-state index contributed by atoms with van der Waals surface area (Å²) in [5.41, 5.74) is 6.87. The Balaban J connectivity index is 0.00000400. The molecule has 6 heteroatoms. The fourth-order valence-electron chi connectivity index (χ4n) is 1.70. The second-order valence-corrected chi connectivity index (χ2v) is 5.42. The molecule has 21 heavy (non-hydrogen) atoms. The van der Waals surface area contributed by atoms with Gasteiger partial charge in [-0.3, -0.25) is 4.99 Å². The van der Waals surface area contributed by atoms with Crippen molar-refractivity contribution in [1.29, 1.82) is 0 Å². The van der Waals surface area contributed by atoms with Crippen LogP contribution in [0.5, 0.6) is 5.75 Å². The molecule has 0 aliphatic heterocycles. The molecule has 120 valence electrons. The van der Waals surface area contributed by atoms with Gasteiger partial charge in [0.05, 0.1) is 6.61 Å². The van der Waals surface area contributed by atoms with Gasteiger partial charge < -0.3 is 15.8 Å². The molecular formula is C15H25ClIN3O. The molecule has 0 atom stereocenters. The Morgan fingerprint density at radius 1 is 1.43 bits per heavy atom. The predicted molar refractivity (Wildman–Crippen MR) is 101 cm³/mol. The fourth-order valence-corrected chi connectivity index (χ4v) is 1.90. The zero-order valence-electron chi connectivity index (χ0n) is 12.9. The molecule has 0 aliphatic carbocycles. The van der Waals surface area contributed by atoms with Gasteiger partial charge in [0.15, 0.2) is 5.96 Å². The van der Waals surface area contributed by atoms with E-state index in [9.17, 15) is 0 Å². The molecule has 3 N–H and O–H groups in total. The first-order valence-electron chi connectivity index (χ1n) is 6.98. The van der Waals surface area contributed by atoms with E-state index in [0.29, 0.717) is 30.1 Å². The molecule has 0 bridgehead atoms. The highest BCUT2D eigenvalue weighted by Crippen LogP contribution is 2.23. The van der Waals surface area contributed by atoms with Crippen LogP contribution in [0.3, 0.4) is 0 Å². The Kier molecular flexibility index (Phi) is 10.6. The number of nitrogens with zero attached hydrogens (tertiary/aromatic N) is 1. The van der Waals surface area contributed by atoms with Crippen LogP contribution in [0.15, 0.2) is 23.2 Å². The second-order valence-electron chi connectivity index (χ2n) is 4.98. The van der Waals surface area contributed by atoms with E-state index in [1.807, 2.05) is 25.1 Å². The average Bonchev–Trinajstić information content (AvgIpc) is 2.39. The zero-order valence-corrected chi connectivity index (χ0v) is 15.9. The van der Waals surface area contributed by atoms with Gasteiger partial charge in [-0.25, -0.2) is 0 Å². The average molecular weight is 426 g/mol. The molecule has 4 nitrogen and oxygen atoms in total. The second kappa shape index (κ2) is 11.0. The third-order valence-corrected chi connectivity index (χ3v) is 2.88. The first kappa shape index (κ1) is 20.3. The van der Waals surface area contributed by atoms with Gasteiger partial charge in [-0.2, -0.15) is 0 Å². The van der Waals surface area contributed by atoms with Crippen LogP contribution < -0.4 is 15.8 Å². The molecular weight excluding hydrogens is 401 g/mol. The SMILES string of the molecule is CCOc1ccc(Cl)cc1CCNC(N)=NCC(C)C.I. The smallest absolute Gasteiger partial charge is 0.188 e. The van der Waals surface area contributed by atoms with Crippen molar-refractivity contribution in [3.8, 4) is 5.75 Å². The highest BCUT2D eigenvalue weighted by Gasteiger charge is 2.04. The van der Waals surface area contributed by atoms with Crippen LogP contribution in [0.2, 0.25) is 5.02 Å². The molecule has 0 radical (unpaired) electrons. The lowest BCUT2D eigenvalue weighted by Crippen LogP contribution is -2.33. The maximum Gasteiger partial charge on any atom is 0.188 e. The Bertz CT molecular complexity index is 453. The Morgan fingerprint density at radius 3 is 2.76 bits per heavy atom. The van der Waals surface area contributed by atoms with E-state index < -0.39 is 0 Å². The fraction of sp³-hybridized carbons (Fsp3) is 0.533. The number of nitrogens with one attached hydrogen (secondary N) is 1. The number of hydrogen-bond acceptors (Lipinski definition) is 2. The van der Waals surface area contributed by atoms with Gasteiger partial charge in [0.2, 0.25) is 0 Å². The van der Waals surface area contributed by atoms with Gasteiger partial charge in [0.25, 0.3) is 0 Å². The highest BCUT2D eigenvalue weighted by molar-refractivity contribution is 14.0. The van der Waals surface area contributed by atoms with E-state index in [-0.39, 0.29) is 24.0 Å². The van der Waals surface area contributed by atoms with E-state index in [2.05, 4.69) is 24.2 Å². The third kappa shape index (κ3) is 8.36. The van der Waals surface area contributed by atoms with Crippen molar-refractivity contribution in [2.45, 2.75) is 27.2 Å². The van der Waals surface area contributed by atoms with Gasteiger partial charge in [-0.05, 0) is 43.0 Å². The third-order valence-electron chi connectivity index (χ3n) is 2.65. The number of halogens is 2. The summed E-state index contributed by atoms with van der Waals surface area (Å²) in [6.07, 6.45) is 0.786. The van der Waals surface area contributed by atoms with E-state index in [0.717, 1.165) is 24.3 Å². The molecule has 0 amide bonds. The quantitative estimate of drug-likeness (QED) is 0.399. The zero-order chi connectivity index (χ0) is 15.0. The number of rotatable bonds is 7. The summed E-state index contributed by atoms with van der Waals surface area (Å²) >= 11 is 6.02. The number of hydrogen-bond donors (Lipinski definition) is 2. The van der Waals surface area contributed by atoms with Crippen molar-refractivity contribution in [3.63, 3.8) is 0 Å². The number of benzene rings is 1. The standard InChI is InChI=1S/C15H24ClN3O.HI/c1-4-20-14-6-5-13(16)9-12(14)7-8-18-15(17)19-10-11(2)3;/h5-6,9,11H,4,7-8,10H2,1-3H3,(H3,17,18,19);1H. The van der Waals surface area contributed by atoms with Gasteiger partial charge in [-0.1, -0.05) is 25.4 Å². The summed E-state index contributed by atoms with van der Waals surface area (Å²) in [4.78, 5) is 4.26. The van der Waals surface area contributed by atoms with E-state index in [1.165, 1.54) is 0 Å². The summed E-state index contributed by atoms with van der Waals surface area (Å²) in [6.45, 7) is 8.26. The van der Waals surface area contributed by atoms with E-state index >= 15 is 0 Å². The van der Waals surface area contributed by atoms with Crippen molar-refractivity contribution in [3.05, 3.63) is 28.8 Å². The van der Waals surface area contributed by atoms with Crippen molar-refractivity contribution in [2.75, 3.05) is 19.7 Å². The van der Waals surface area contributed by atoms with Gasteiger partial charge in [0, 0.05) is 18.1 Å². The summed E-state index contributed by atoms with van der Waals surface area (Å²) in [6, 6.07) is 5.66. The van der Waals surface area contributed by atoms with Crippen molar-refractivity contribution >= 4 is 41.5 Å². The largest absolute Gasteiger partial charge is 0.494 e. The van der Waals surface area contributed by atoms with Gasteiger partial charge in [0.1, 0.15) is 5.75 Å². The summed E-state index contributed by atoms with van der Waals surface area (Å²) in [5, 5.41) is 3.82. The van der Waals surface area contributed by atoms with Crippen LogP contribution in [0.1, 0.15) is 26.3 Å². The predicted octanol–water partition coefficient (Wildman–Crippen LogP) is 3.46. The number of aliphatic imine (C=N–C) groups is 1. The molecule has 0 aromatic heterocycles. The molecule has 0 saturated heterocycles. The molecule has 0 heterocycles. The monoisotopic (exact) mass is 425 g/mol. The molecule has 0 spiro atoms. The molecule has 0 unspecified atom stereocenters. The maximum absolute atomic E-state index is 6.02. The lowest BCUT2D eigenvalue weighted by atomic mass is 10.1. The van der Waals surface area contributed by atoms with Gasteiger partial charge in [-0.15, -0.1) is 24.0 Å². The minimum Gasteiger partial charge on any atom is -0.494 e. The minimum absolute atomic E-state index is 0. The lowest BCUT2D eigenvalue weighted by molar-refractivity contribution is 0.336. The summed E-state index contributed by atoms with van der Waals surface area (Å²) in [5.74, 6) is 1.86. The van der Waals surface area contributed by atoms with Crippen molar-refractivity contribution in [1.82, 2.24) is 5.32 Å². The molecule has 1 rings (SSSR count). The van der Waals surface area contributed by atoms with Crippen LogP contribution in [-0.2, 0) is 6.42 Å². The lowest BCUT2D eigenvalue weighted by Gasteiger charge is -2.11. The Labute approximate surface area is 149 Å². The van der Waals surface area contributed by atoms with Crippen LogP contribution in [0, 0.1) is 5.92 Å². The highest BCUT2D eigenvalue weighted by atomic mass is 127. The van der Waals surface area contributed by atoms with E-state index in [1.54, 1.807) is 0 Å². The number of ether oxygens (including phenoxy) is 1. The summed E-state index contributed by atoms with van der Waals surface area (Å²) in [7, 11) is 0. The molecule has 0 aliphatic rings. The topological polar surface area (TPSA) is 59.6 Å². The molecule has 0 fully saturated rings. The minimum atomic E-state index is 0. The number of guanidine groups is 1. The normalized spacial score (nSPS) is 11.2. The van der Waals surface area contributed by atoms with E-state index in [4.69, 9.17) is 22.1 Å². The summed E-state index contributed by atoms with van der Waals surface area (Å²) < 4.78 is 5.58. The first-order chi connectivity index (χ1) is 9.52. The Hall–Kier alpha value is -0.690. The molecule has 1 aromatic carbocycles. The van der Waals surface area contributed by atoms with Crippen LogP contribution >= 0.6 is 35.6 Å². The maximum atomic E-state index is 6.02. The van der Waals surface area contributed by atoms with Crippen LogP contribution in [-0.4, -0.2) is 25.7 Å². The van der Waals surface area contributed by atoms with Crippen LogP contribution in [0.4, 0.5) is 0 Å². The number of nitrogens with two attached hydrogens (primary N) is 1. The van der Waals surface area contributed by atoms with Crippen LogP contribution in [0.25, 0.3) is 0 Å². The molecule has 1 aromatic rings. The molecule has 0 saturated carbocycles. The Morgan fingerprint density at radius 2 is 2.14 bits per heavy atom. The van der Waals surface area contributed by atoms with Gasteiger partial charge >= 0.3 is 0 Å².